The van der Waals surface area contributed by atoms with Gasteiger partial charge < -0.3 is 9.47 Å². The first-order valence-electron chi connectivity index (χ1n) is 10.2. The Hall–Kier alpha value is -3.67. The second-order valence-electron chi connectivity index (χ2n) is 7.09. The predicted molar refractivity (Wildman–Crippen MR) is 122 cm³/mol. The van der Waals surface area contributed by atoms with Gasteiger partial charge in [-0.1, -0.05) is 31.2 Å². The molecule has 0 fully saturated rings. The number of ether oxygens (including phenoxy) is 2. The lowest BCUT2D eigenvalue weighted by Gasteiger charge is -2.08. The zero-order valence-electron chi connectivity index (χ0n) is 18.3. The topological polar surface area (TPSA) is 65.7 Å². The van der Waals surface area contributed by atoms with Crippen LogP contribution in [0.2, 0.25) is 0 Å². The zero-order valence-corrected chi connectivity index (χ0v) is 18.3. The summed E-state index contributed by atoms with van der Waals surface area (Å²) >= 11 is 0. The van der Waals surface area contributed by atoms with Crippen molar-refractivity contribution < 1.29 is 14.3 Å². The molecule has 0 bridgehead atoms. The minimum absolute atomic E-state index is 0.358. The Balaban J connectivity index is 1.68. The van der Waals surface area contributed by atoms with Crippen LogP contribution >= 0.6 is 0 Å². The van der Waals surface area contributed by atoms with Crippen LogP contribution in [0.5, 0.6) is 5.75 Å². The molecular formula is C25H27N3O3. The van der Waals surface area contributed by atoms with Crippen molar-refractivity contribution >= 4 is 11.6 Å². The largest absolute Gasteiger partial charge is 0.489 e. The number of carbonyl (C=O) groups excluding carboxylic acids is 1. The number of carbonyl (C=O) groups is 1. The van der Waals surface area contributed by atoms with Crippen molar-refractivity contribution in [2.75, 3.05) is 13.7 Å². The number of allylic oxidation sites excluding steroid dienone is 3. The summed E-state index contributed by atoms with van der Waals surface area (Å²) in [5, 5.41) is 4.47. The maximum absolute atomic E-state index is 11.8. The number of fused-ring (bicyclic) bond motifs is 1. The number of nitrogens with zero attached hydrogens (tertiary/aromatic N) is 3. The summed E-state index contributed by atoms with van der Waals surface area (Å²) in [6, 6.07) is 13.8. The van der Waals surface area contributed by atoms with Crippen LogP contribution in [0.25, 0.3) is 16.9 Å². The summed E-state index contributed by atoms with van der Waals surface area (Å²) in [4.78, 5) is 16.2. The Bertz CT molecular complexity index is 1140. The third-order valence-electron chi connectivity index (χ3n) is 4.58. The highest BCUT2D eigenvalue weighted by molar-refractivity contribution is 5.91. The third kappa shape index (κ3) is 5.69. The van der Waals surface area contributed by atoms with Crippen LogP contribution in [-0.2, 0) is 9.53 Å². The van der Waals surface area contributed by atoms with Gasteiger partial charge in [-0.2, -0.15) is 5.10 Å². The molecule has 0 atom stereocenters. The first kappa shape index (κ1) is 22.0. The smallest absolute Gasteiger partial charge is 0.337 e. The molecule has 0 N–H and O–H groups in total. The van der Waals surface area contributed by atoms with Gasteiger partial charge in [-0.25, -0.2) is 14.3 Å². The van der Waals surface area contributed by atoms with Gasteiger partial charge in [0, 0.05) is 5.56 Å². The van der Waals surface area contributed by atoms with Crippen LogP contribution in [0.15, 0.2) is 77.9 Å². The molecule has 0 aliphatic rings. The standard InChI is InChI=1S/C25H27N3O3/c1-5-6-8-21(25(29)30-4)12-11-18(2)17-31-22-15-13-20(14-16-22)23-9-7-10-24-26-19(3)27-28(23)24/h6-16H,5,17H2,1-4H3/b8-6+,18-11+,21-12+. The molecule has 6 heteroatoms. The molecule has 6 nitrogen and oxygen atoms in total. The van der Waals surface area contributed by atoms with Crippen LogP contribution in [0, 0.1) is 6.92 Å². The quantitative estimate of drug-likeness (QED) is 0.290. The lowest BCUT2D eigenvalue weighted by atomic mass is 10.1. The highest BCUT2D eigenvalue weighted by Crippen LogP contribution is 2.23. The lowest BCUT2D eigenvalue weighted by molar-refractivity contribution is -0.135. The van der Waals surface area contributed by atoms with E-state index in [1.54, 1.807) is 12.2 Å². The van der Waals surface area contributed by atoms with E-state index in [0.717, 1.165) is 40.5 Å². The van der Waals surface area contributed by atoms with E-state index in [4.69, 9.17) is 9.47 Å². The monoisotopic (exact) mass is 417 g/mol. The summed E-state index contributed by atoms with van der Waals surface area (Å²) in [6.07, 6.45) is 8.16. The number of hydrogen-bond acceptors (Lipinski definition) is 5. The fourth-order valence-corrected chi connectivity index (χ4v) is 2.98. The molecule has 2 heterocycles. The van der Waals surface area contributed by atoms with Crippen molar-refractivity contribution in [1.82, 2.24) is 14.6 Å². The molecule has 0 saturated carbocycles. The molecule has 1 aromatic carbocycles. The predicted octanol–water partition coefficient (Wildman–Crippen LogP) is 5.10. The number of pyridine rings is 1. The Morgan fingerprint density at radius 3 is 2.61 bits per heavy atom. The average molecular weight is 418 g/mol. The van der Waals surface area contributed by atoms with E-state index in [1.807, 2.05) is 79.9 Å². The van der Waals surface area contributed by atoms with Crippen LogP contribution in [-0.4, -0.2) is 34.3 Å². The third-order valence-corrected chi connectivity index (χ3v) is 4.58. The number of hydrogen-bond donors (Lipinski definition) is 0. The van der Waals surface area contributed by atoms with Gasteiger partial charge in [0.2, 0.25) is 0 Å². The zero-order chi connectivity index (χ0) is 22.2. The van der Waals surface area contributed by atoms with Crippen LogP contribution in [0.1, 0.15) is 26.1 Å². The van der Waals surface area contributed by atoms with E-state index in [2.05, 4.69) is 10.1 Å². The molecule has 0 unspecified atom stereocenters. The highest BCUT2D eigenvalue weighted by atomic mass is 16.5. The van der Waals surface area contributed by atoms with Gasteiger partial charge in [-0.15, -0.1) is 0 Å². The summed E-state index contributed by atoms with van der Waals surface area (Å²) in [5.74, 6) is 1.15. The van der Waals surface area contributed by atoms with E-state index >= 15 is 0 Å². The summed E-state index contributed by atoms with van der Waals surface area (Å²) in [6.45, 7) is 6.27. The molecule has 3 rings (SSSR count). The van der Waals surface area contributed by atoms with E-state index < -0.39 is 0 Å². The average Bonchev–Trinajstić information content (AvgIpc) is 3.18. The second kappa shape index (κ2) is 10.4. The number of aryl methyl sites for hydroxylation is 1. The van der Waals surface area contributed by atoms with Crippen molar-refractivity contribution in [3.8, 4) is 17.0 Å². The first-order chi connectivity index (χ1) is 15.0. The molecule has 0 spiro atoms. The van der Waals surface area contributed by atoms with Gasteiger partial charge in [-0.3, -0.25) is 0 Å². The molecule has 3 aromatic rings. The number of benzene rings is 1. The van der Waals surface area contributed by atoms with E-state index in [1.165, 1.54) is 7.11 Å². The van der Waals surface area contributed by atoms with Gasteiger partial charge in [0.25, 0.3) is 0 Å². The van der Waals surface area contributed by atoms with Crippen molar-refractivity contribution in [3.05, 3.63) is 83.7 Å². The Morgan fingerprint density at radius 2 is 1.90 bits per heavy atom. The van der Waals surface area contributed by atoms with Crippen LogP contribution in [0.3, 0.4) is 0 Å². The minimum atomic E-state index is -0.358. The fourth-order valence-electron chi connectivity index (χ4n) is 2.98. The molecule has 31 heavy (non-hydrogen) atoms. The fraction of sp³-hybridized carbons (Fsp3) is 0.240. The molecule has 160 valence electrons. The Kier molecular flexibility index (Phi) is 7.38. The maximum Gasteiger partial charge on any atom is 0.337 e. The van der Waals surface area contributed by atoms with E-state index in [0.29, 0.717) is 12.2 Å². The minimum Gasteiger partial charge on any atom is -0.489 e. The van der Waals surface area contributed by atoms with Crippen molar-refractivity contribution in [1.29, 1.82) is 0 Å². The normalized spacial score (nSPS) is 12.5. The Labute approximate surface area is 182 Å². The summed E-state index contributed by atoms with van der Waals surface area (Å²) in [7, 11) is 1.38. The molecule has 0 aliphatic heterocycles. The molecule has 0 saturated heterocycles. The van der Waals surface area contributed by atoms with E-state index in [9.17, 15) is 4.79 Å². The first-order valence-corrected chi connectivity index (χ1v) is 10.2. The molecule has 0 radical (unpaired) electrons. The number of aromatic nitrogens is 3. The van der Waals surface area contributed by atoms with Crippen molar-refractivity contribution in [2.24, 2.45) is 0 Å². The Morgan fingerprint density at radius 1 is 1.13 bits per heavy atom. The van der Waals surface area contributed by atoms with Crippen molar-refractivity contribution in [2.45, 2.75) is 27.2 Å². The SMILES string of the molecule is CC/C=C/C(=C\C=C(/C)COc1ccc(-c2cccc3nc(C)nn23)cc1)C(=O)OC. The van der Waals surface area contributed by atoms with Gasteiger partial charge >= 0.3 is 5.97 Å². The van der Waals surface area contributed by atoms with Gasteiger partial charge in [0.1, 0.15) is 18.2 Å². The number of methoxy groups -OCH3 is 1. The molecule has 0 amide bonds. The van der Waals surface area contributed by atoms with E-state index in [-0.39, 0.29) is 5.97 Å². The van der Waals surface area contributed by atoms with Crippen molar-refractivity contribution in [3.63, 3.8) is 0 Å². The van der Waals surface area contributed by atoms with Gasteiger partial charge in [0.05, 0.1) is 18.4 Å². The molecule has 2 aromatic heterocycles. The van der Waals surface area contributed by atoms with Gasteiger partial charge in [0.15, 0.2) is 5.65 Å². The number of esters is 1. The maximum atomic E-state index is 11.8. The molecule has 0 aliphatic carbocycles. The second-order valence-corrected chi connectivity index (χ2v) is 7.09. The van der Waals surface area contributed by atoms with Crippen LogP contribution < -0.4 is 4.74 Å². The summed E-state index contributed by atoms with van der Waals surface area (Å²) in [5.41, 5.74) is 4.32. The number of rotatable bonds is 8. The summed E-state index contributed by atoms with van der Waals surface area (Å²) < 4.78 is 12.5. The molecular weight excluding hydrogens is 390 g/mol. The lowest BCUT2D eigenvalue weighted by Crippen LogP contribution is -2.03. The van der Waals surface area contributed by atoms with Gasteiger partial charge in [-0.05, 0) is 68.3 Å². The highest BCUT2D eigenvalue weighted by Gasteiger charge is 2.07. The van der Waals surface area contributed by atoms with Crippen LogP contribution in [0.4, 0.5) is 0 Å².